The van der Waals surface area contributed by atoms with Crippen molar-refractivity contribution in [3.63, 3.8) is 0 Å². The molecule has 1 aliphatic heterocycles. The SMILES string of the molecule is Cc1ccc(C)c(OCCN2CCCC(CCC(=O)O)C2)c1. The van der Waals surface area contributed by atoms with Gasteiger partial charge in [-0.05, 0) is 62.8 Å². The van der Waals surface area contributed by atoms with Crippen molar-refractivity contribution >= 4 is 5.97 Å². The first-order chi connectivity index (χ1) is 10.5. The molecule has 122 valence electrons. The number of rotatable bonds is 7. The van der Waals surface area contributed by atoms with Crippen molar-refractivity contribution in [2.45, 2.75) is 39.5 Å². The molecular formula is C18H27NO3. The number of nitrogens with zero attached hydrogens (tertiary/aromatic N) is 1. The Labute approximate surface area is 133 Å². The molecule has 0 aromatic heterocycles. The molecule has 1 aromatic carbocycles. The maximum atomic E-state index is 10.7. The van der Waals surface area contributed by atoms with Gasteiger partial charge in [0.15, 0.2) is 0 Å². The van der Waals surface area contributed by atoms with Crippen LogP contribution in [0.1, 0.15) is 36.8 Å². The smallest absolute Gasteiger partial charge is 0.303 e. The van der Waals surface area contributed by atoms with Gasteiger partial charge >= 0.3 is 5.97 Å². The van der Waals surface area contributed by atoms with Crippen molar-refractivity contribution < 1.29 is 14.6 Å². The summed E-state index contributed by atoms with van der Waals surface area (Å²) in [5.41, 5.74) is 2.39. The van der Waals surface area contributed by atoms with Crippen molar-refractivity contribution in [2.24, 2.45) is 5.92 Å². The van der Waals surface area contributed by atoms with E-state index in [1.54, 1.807) is 0 Å². The van der Waals surface area contributed by atoms with Gasteiger partial charge in [-0.1, -0.05) is 12.1 Å². The Morgan fingerprint density at radius 1 is 1.41 bits per heavy atom. The summed E-state index contributed by atoms with van der Waals surface area (Å²) in [5, 5.41) is 8.79. The molecule has 0 saturated carbocycles. The fourth-order valence-electron chi connectivity index (χ4n) is 3.07. The number of aryl methyl sites for hydroxylation is 2. The van der Waals surface area contributed by atoms with Gasteiger partial charge in [0.2, 0.25) is 0 Å². The number of hydrogen-bond donors (Lipinski definition) is 1. The first-order valence-electron chi connectivity index (χ1n) is 8.19. The molecule has 2 rings (SSSR count). The Kier molecular flexibility index (Phi) is 6.25. The van der Waals surface area contributed by atoms with Crippen LogP contribution in [0.2, 0.25) is 0 Å². The van der Waals surface area contributed by atoms with E-state index in [1.165, 1.54) is 11.1 Å². The number of benzene rings is 1. The molecule has 1 aliphatic rings. The lowest BCUT2D eigenvalue weighted by atomic mass is 9.93. The Bertz CT molecular complexity index is 501. The molecule has 4 heteroatoms. The molecule has 1 saturated heterocycles. The van der Waals surface area contributed by atoms with Crippen LogP contribution in [0, 0.1) is 19.8 Å². The fourth-order valence-corrected chi connectivity index (χ4v) is 3.07. The van der Waals surface area contributed by atoms with Gasteiger partial charge in [-0.3, -0.25) is 9.69 Å². The number of likely N-dealkylation sites (tertiary alicyclic amines) is 1. The van der Waals surface area contributed by atoms with Crippen molar-refractivity contribution in [3.05, 3.63) is 29.3 Å². The van der Waals surface area contributed by atoms with Crippen LogP contribution in [-0.2, 0) is 4.79 Å². The second-order valence-electron chi connectivity index (χ2n) is 6.36. The van der Waals surface area contributed by atoms with E-state index < -0.39 is 5.97 Å². The van der Waals surface area contributed by atoms with Gasteiger partial charge in [0.25, 0.3) is 0 Å². The average Bonchev–Trinajstić information content (AvgIpc) is 2.49. The maximum absolute atomic E-state index is 10.7. The Morgan fingerprint density at radius 3 is 3.00 bits per heavy atom. The molecule has 22 heavy (non-hydrogen) atoms. The first-order valence-corrected chi connectivity index (χ1v) is 8.19. The van der Waals surface area contributed by atoms with Crippen molar-refractivity contribution in [1.82, 2.24) is 4.90 Å². The van der Waals surface area contributed by atoms with E-state index in [2.05, 4.69) is 36.9 Å². The van der Waals surface area contributed by atoms with Crippen LogP contribution in [0.4, 0.5) is 0 Å². The van der Waals surface area contributed by atoms with Crippen LogP contribution in [0.25, 0.3) is 0 Å². The summed E-state index contributed by atoms with van der Waals surface area (Å²) in [6, 6.07) is 6.27. The largest absolute Gasteiger partial charge is 0.492 e. The van der Waals surface area contributed by atoms with Gasteiger partial charge in [-0.2, -0.15) is 0 Å². The second-order valence-corrected chi connectivity index (χ2v) is 6.36. The molecule has 1 N–H and O–H groups in total. The van der Waals surface area contributed by atoms with Crippen LogP contribution in [0.3, 0.4) is 0 Å². The third-order valence-electron chi connectivity index (χ3n) is 4.38. The highest BCUT2D eigenvalue weighted by atomic mass is 16.5. The minimum Gasteiger partial charge on any atom is -0.492 e. The zero-order valence-corrected chi connectivity index (χ0v) is 13.7. The molecule has 0 bridgehead atoms. The summed E-state index contributed by atoms with van der Waals surface area (Å²) in [7, 11) is 0. The highest BCUT2D eigenvalue weighted by Gasteiger charge is 2.20. The third kappa shape index (κ3) is 5.34. The van der Waals surface area contributed by atoms with E-state index >= 15 is 0 Å². The number of piperidine rings is 1. The lowest BCUT2D eigenvalue weighted by molar-refractivity contribution is -0.137. The molecule has 1 unspecified atom stereocenters. The van der Waals surface area contributed by atoms with Gasteiger partial charge < -0.3 is 9.84 Å². The van der Waals surface area contributed by atoms with Crippen LogP contribution in [0.15, 0.2) is 18.2 Å². The van der Waals surface area contributed by atoms with Crippen LogP contribution in [0.5, 0.6) is 5.75 Å². The average molecular weight is 305 g/mol. The first kappa shape index (κ1) is 16.8. The zero-order valence-electron chi connectivity index (χ0n) is 13.7. The van der Waals surface area contributed by atoms with E-state index in [4.69, 9.17) is 9.84 Å². The van der Waals surface area contributed by atoms with E-state index in [9.17, 15) is 4.79 Å². The maximum Gasteiger partial charge on any atom is 0.303 e. The Balaban J connectivity index is 1.74. The lowest BCUT2D eigenvalue weighted by Crippen LogP contribution is -2.38. The molecule has 1 atom stereocenters. The number of carboxylic acids is 1. The fraction of sp³-hybridized carbons (Fsp3) is 0.611. The highest BCUT2D eigenvalue weighted by molar-refractivity contribution is 5.66. The minimum absolute atomic E-state index is 0.289. The highest BCUT2D eigenvalue weighted by Crippen LogP contribution is 2.22. The zero-order chi connectivity index (χ0) is 15.9. The predicted octanol–water partition coefficient (Wildman–Crippen LogP) is 3.26. The van der Waals surface area contributed by atoms with Gasteiger partial charge in [-0.25, -0.2) is 0 Å². The minimum atomic E-state index is -0.685. The molecule has 4 nitrogen and oxygen atoms in total. The summed E-state index contributed by atoms with van der Waals surface area (Å²) in [4.78, 5) is 13.1. The summed E-state index contributed by atoms with van der Waals surface area (Å²) in [6.07, 6.45) is 3.40. The number of carbonyl (C=O) groups is 1. The van der Waals surface area contributed by atoms with Gasteiger partial charge in [0.1, 0.15) is 12.4 Å². The van der Waals surface area contributed by atoms with Gasteiger partial charge in [-0.15, -0.1) is 0 Å². The number of carboxylic acid groups (broad SMARTS) is 1. The van der Waals surface area contributed by atoms with E-state index in [-0.39, 0.29) is 6.42 Å². The molecule has 0 aliphatic carbocycles. The van der Waals surface area contributed by atoms with E-state index in [0.29, 0.717) is 12.5 Å². The normalized spacial score (nSPS) is 19.1. The molecule has 1 fully saturated rings. The molecule has 1 aromatic rings. The van der Waals surface area contributed by atoms with Gasteiger partial charge in [0.05, 0.1) is 0 Å². The summed E-state index contributed by atoms with van der Waals surface area (Å²) in [6.45, 7) is 7.84. The van der Waals surface area contributed by atoms with E-state index in [1.807, 2.05) is 0 Å². The Morgan fingerprint density at radius 2 is 2.23 bits per heavy atom. The molecule has 0 spiro atoms. The number of aliphatic carboxylic acids is 1. The van der Waals surface area contributed by atoms with Crippen LogP contribution >= 0.6 is 0 Å². The van der Waals surface area contributed by atoms with Crippen molar-refractivity contribution in [2.75, 3.05) is 26.2 Å². The summed E-state index contributed by atoms with van der Waals surface area (Å²) in [5.74, 6) is 0.806. The molecule has 0 amide bonds. The quantitative estimate of drug-likeness (QED) is 0.840. The number of hydrogen-bond acceptors (Lipinski definition) is 3. The predicted molar refractivity (Wildman–Crippen MR) is 87.4 cm³/mol. The van der Waals surface area contributed by atoms with Gasteiger partial charge in [0, 0.05) is 19.5 Å². The van der Waals surface area contributed by atoms with Crippen molar-refractivity contribution in [1.29, 1.82) is 0 Å². The number of ether oxygens (including phenoxy) is 1. The standard InChI is InChI=1S/C18H27NO3/c1-14-5-6-15(2)17(12-14)22-11-10-19-9-3-4-16(13-19)7-8-18(20)21/h5-6,12,16H,3-4,7-11,13H2,1-2H3,(H,20,21). The second kappa shape index (κ2) is 8.18. The Hall–Kier alpha value is -1.55. The topological polar surface area (TPSA) is 49.8 Å². The summed E-state index contributed by atoms with van der Waals surface area (Å²) < 4.78 is 5.92. The monoisotopic (exact) mass is 305 g/mol. The lowest BCUT2D eigenvalue weighted by Gasteiger charge is -2.32. The molecule has 1 heterocycles. The molecular weight excluding hydrogens is 278 g/mol. The van der Waals surface area contributed by atoms with E-state index in [0.717, 1.165) is 44.6 Å². The van der Waals surface area contributed by atoms with Crippen LogP contribution < -0.4 is 4.74 Å². The molecule has 0 radical (unpaired) electrons. The summed E-state index contributed by atoms with van der Waals surface area (Å²) >= 11 is 0. The van der Waals surface area contributed by atoms with Crippen molar-refractivity contribution in [3.8, 4) is 5.75 Å². The van der Waals surface area contributed by atoms with Crippen LogP contribution in [-0.4, -0.2) is 42.2 Å². The third-order valence-corrected chi connectivity index (χ3v) is 4.38.